The molecule has 0 saturated carbocycles. The van der Waals surface area contributed by atoms with Crippen LogP contribution in [0.1, 0.15) is 42.8 Å². The number of amides is 1. The second-order valence-electron chi connectivity index (χ2n) is 6.94. The fourth-order valence-electron chi connectivity index (χ4n) is 3.35. The van der Waals surface area contributed by atoms with Crippen molar-refractivity contribution in [2.24, 2.45) is 0 Å². The lowest BCUT2D eigenvalue weighted by molar-refractivity contribution is -0.136. The summed E-state index contributed by atoms with van der Waals surface area (Å²) in [5.74, 6) is -0.757. The van der Waals surface area contributed by atoms with Crippen molar-refractivity contribution in [1.29, 1.82) is 0 Å². The highest BCUT2D eigenvalue weighted by Gasteiger charge is 2.30. The van der Waals surface area contributed by atoms with Crippen molar-refractivity contribution in [2.75, 3.05) is 26.2 Å². The molecule has 1 saturated heterocycles. The van der Waals surface area contributed by atoms with Gasteiger partial charge in [0, 0.05) is 32.7 Å². The predicted octanol–water partition coefficient (Wildman–Crippen LogP) is 3.80. The molecular weight excluding hydrogens is 395 g/mol. The number of benzene rings is 1. The Hall–Kier alpha value is -2.49. The lowest BCUT2D eigenvalue weighted by Crippen LogP contribution is -2.50. The van der Waals surface area contributed by atoms with Crippen molar-refractivity contribution < 1.29 is 26.7 Å². The summed E-state index contributed by atoms with van der Waals surface area (Å²) in [5, 5.41) is 3.52. The topological polar surface area (TPSA) is 41.4 Å². The molecule has 2 aromatic rings. The minimum Gasteiger partial charge on any atom is -0.338 e. The van der Waals surface area contributed by atoms with Crippen LogP contribution in [-0.4, -0.2) is 51.7 Å². The van der Waals surface area contributed by atoms with E-state index in [1.54, 1.807) is 12.1 Å². The van der Waals surface area contributed by atoms with E-state index in [0.29, 0.717) is 43.5 Å². The summed E-state index contributed by atoms with van der Waals surface area (Å²) < 4.78 is 65.8. The van der Waals surface area contributed by atoms with Gasteiger partial charge in [0.05, 0.1) is 0 Å². The molecule has 1 aromatic carbocycles. The summed E-state index contributed by atoms with van der Waals surface area (Å²) in [6.07, 6.45) is -6.01. The molecule has 1 unspecified atom stereocenters. The Morgan fingerprint density at radius 2 is 1.66 bits per heavy atom. The molecule has 1 amide bonds. The van der Waals surface area contributed by atoms with E-state index in [1.165, 1.54) is 24.0 Å². The summed E-state index contributed by atoms with van der Waals surface area (Å²) in [5.41, 5.74) is -0.530. The van der Waals surface area contributed by atoms with Crippen LogP contribution in [0.25, 0.3) is 0 Å². The Morgan fingerprint density at radius 3 is 2.21 bits per heavy atom. The molecule has 10 heteroatoms. The number of piperazine rings is 1. The van der Waals surface area contributed by atoms with Crippen LogP contribution in [0.15, 0.2) is 30.3 Å². The number of rotatable bonds is 6. The SMILES string of the molecule is CC(C(=O)N1CCN(Cc2ccc(F)cc2)CC1)n1nc(C(F)F)cc1C(F)F. The van der Waals surface area contributed by atoms with Gasteiger partial charge < -0.3 is 4.90 Å². The predicted molar refractivity (Wildman–Crippen MR) is 95.1 cm³/mol. The van der Waals surface area contributed by atoms with Crippen LogP contribution < -0.4 is 0 Å². The largest absolute Gasteiger partial charge is 0.338 e. The first-order valence-corrected chi connectivity index (χ1v) is 9.17. The Labute approximate surface area is 164 Å². The third kappa shape index (κ3) is 4.92. The third-order valence-electron chi connectivity index (χ3n) is 4.96. The molecule has 1 atom stereocenters. The van der Waals surface area contributed by atoms with Crippen molar-refractivity contribution in [3.8, 4) is 0 Å². The molecule has 0 aliphatic carbocycles. The van der Waals surface area contributed by atoms with E-state index in [2.05, 4.69) is 10.00 Å². The number of hydrogen-bond donors (Lipinski definition) is 0. The van der Waals surface area contributed by atoms with Crippen LogP contribution in [-0.2, 0) is 11.3 Å². The van der Waals surface area contributed by atoms with Gasteiger partial charge in [-0.25, -0.2) is 22.0 Å². The van der Waals surface area contributed by atoms with Crippen molar-refractivity contribution in [3.63, 3.8) is 0 Å². The van der Waals surface area contributed by atoms with Crippen LogP contribution in [0.4, 0.5) is 22.0 Å². The molecule has 0 spiro atoms. The molecule has 0 radical (unpaired) electrons. The van der Waals surface area contributed by atoms with Crippen molar-refractivity contribution in [1.82, 2.24) is 19.6 Å². The summed E-state index contributed by atoms with van der Waals surface area (Å²) >= 11 is 0. The number of carbonyl (C=O) groups excluding carboxylic acids is 1. The van der Waals surface area contributed by atoms with Crippen LogP contribution in [0.5, 0.6) is 0 Å². The number of nitrogens with zero attached hydrogens (tertiary/aromatic N) is 4. The molecule has 1 fully saturated rings. The second-order valence-corrected chi connectivity index (χ2v) is 6.94. The molecule has 0 N–H and O–H groups in total. The highest BCUT2D eigenvalue weighted by atomic mass is 19.3. The maximum Gasteiger partial charge on any atom is 0.282 e. The average molecular weight is 416 g/mol. The first-order valence-electron chi connectivity index (χ1n) is 9.17. The van der Waals surface area contributed by atoms with Gasteiger partial charge in [-0.1, -0.05) is 12.1 Å². The van der Waals surface area contributed by atoms with Crippen molar-refractivity contribution in [3.05, 3.63) is 53.1 Å². The van der Waals surface area contributed by atoms with Crippen LogP contribution >= 0.6 is 0 Å². The summed E-state index contributed by atoms with van der Waals surface area (Å²) in [6.45, 7) is 3.83. The van der Waals surface area contributed by atoms with Crippen LogP contribution in [0.2, 0.25) is 0 Å². The number of alkyl halides is 4. The van der Waals surface area contributed by atoms with Crippen LogP contribution in [0, 0.1) is 5.82 Å². The summed E-state index contributed by atoms with van der Waals surface area (Å²) in [6, 6.07) is 5.68. The number of hydrogen-bond acceptors (Lipinski definition) is 3. The lowest BCUT2D eigenvalue weighted by Gasteiger charge is -2.36. The van der Waals surface area contributed by atoms with E-state index in [0.717, 1.165) is 5.56 Å². The first-order chi connectivity index (χ1) is 13.8. The summed E-state index contributed by atoms with van der Waals surface area (Å²) in [4.78, 5) is 16.3. The molecule has 158 valence electrons. The van der Waals surface area contributed by atoms with Gasteiger partial charge >= 0.3 is 0 Å². The second kappa shape index (κ2) is 8.89. The standard InChI is InChI=1S/C19H21F5N4O/c1-12(28-16(18(23)24)10-15(25-28)17(21)22)19(29)27-8-6-26(7-9-27)11-13-2-4-14(20)5-3-13/h2-5,10,12,17-18H,6-9,11H2,1H3. The highest BCUT2D eigenvalue weighted by molar-refractivity contribution is 5.80. The highest BCUT2D eigenvalue weighted by Crippen LogP contribution is 2.28. The van der Waals surface area contributed by atoms with Gasteiger partial charge in [-0.3, -0.25) is 14.4 Å². The molecule has 1 aromatic heterocycles. The normalized spacial score (nSPS) is 16.6. The smallest absolute Gasteiger partial charge is 0.282 e. The van der Waals surface area contributed by atoms with Gasteiger partial charge in [-0.2, -0.15) is 5.10 Å². The lowest BCUT2D eigenvalue weighted by atomic mass is 10.2. The van der Waals surface area contributed by atoms with Gasteiger partial charge in [0.2, 0.25) is 5.91 Å². The maximum absolute atomic E-state index is 13.2. The molecule has 2 heterocycles. The van der Waals surface area contributed by atoms with Crippen molar-refractivity contribution in [2.45, 2.75) is 32.4 Å². The van der Waals surface area contributed by atoms with Gasteiger partial charge in [-0.05, 0) is 30.7 Å². The Bertz CT molecular complexity index is 832. The van der Waals surface area contributed by atoms with E-state index in [-0.39, 0.29) is 5.82 Å². The average Bonchev–Trinajstić information content (AvgIpc) is 3.15. The van der Waals surface area contributed by atoms with Gasteiger partial charge in [0.15, 0.2) is 0 Å². The van der Waals surface area contributed by atoms with E-state index in [1.807, 2.05) is 0 Å². The first kappa shape index (κ1) is 21.2. The van der Waals surface area contributed by atoms with E-state index < -0.39 is 36.2 Å². The Kier molecular flexibility index (Phi) is 6.51. The minimum atomic E-state index is -3.02. The molecule has 29 heavy (non-hydrogen) atoms. The van der Waals surface area contributed by atoms with Crippen molar-refractivity contribution >= 4 is 5.91 Å². The summed E-state index contributed by atoms with van der Waals surface area (Å²) in [7, 11) is 0. The van der Waals surface area contributed by atoms with Gasteiger partial charge in [-0.15, -0.1) is 0 Å². The quantitative estimate of drug-likeness (QED) is 0.673. The van der Waals surface area contributed by atoms with Crippen LogP contribution in [0.3, 0.4) is 0 Å². The zero-order valence-corrected chi connectivity index (χ0v) is 15.7. The molecule has 5 nitrogen and oxygen atoms in total. The van der Waals surface area contributed by atoms with E-state index >= 15 is 0 Å². The maximum atomic E-state index is 13.2. The number of carbonyl (C=O) groups is 1. The van der Waals surface area contributed by atoms with E-state index in [9.17, 15) is 26.7 Å². The third-order valence-corrected chi connectivity index (χ3v) is 4.96. The zero-order chi connectivity index (χ0) is 21.1. The van der Waals surface area contributed by atoms with E-state index in [4.69, 9.17) is 0 Å². The number of aromatic nitrogens is 2. The van der Waals surface area contributed by atoms with Gasteiger partial charge in [0.1, 0.15) is 23.2 Å². The zero-order valence-electron chi connectivity index (χ0n) is 15.7. The Morgan fingerprint density at radius 1 is 1.03 bits per heavy atom. The van der Waals surface area contributed by atoms with Gasteiger partial charge in [0.25, 0.3) is 12.9 Å². The molecule has 1 aliphatic rings. The molecule has 1 aliphatic heterocycles. The molecule has 3 rings (SSSR count). The molecule has 0 bridgehead atoms. The monoisotopic (exact) mass is 416 g/mol. The number of halogens is 5. The fourth-order valence-corrected chi connectivity index (χ4v) is 3.35. The molecular formula is C19H21F5N4O. The minimum absolute atomic E-state index is 0.310. The fraction of sp³-hybridized carbons (Fsp3) is 0.474. The Balaban J connectivity index is 1.62.